The Hall–Kier alpha value is 1.60. The standard InChI is InChI=1S/C7H16O.K.H/c1-3-4-7(2)5-6-8;;/h7-8H,3-6H2,1-2H3;;. The van der Waals surface area contributed by atoms with Crippen molar-refractivity contribution < 1.29 is 5.11 Å². The van der Waals surface area contributed by atoms with Gasteiger partial charge in [0.05, 0.1) is 0 Å². The van der Waals surface area contributed by atoms with E-state index in [2.05, 4.69) is 13.8 Å². The molecule has 0 saturated carbocycles. The first-order valence-electron chi connectivity index (χ1n) is 3.42. The normalized spacial score (nSPS) is 12.3. The van der Waals surface area contributed by atoms with Crippen LogP contribution in [0.15, 0.2) is 0 Å². The molecular weight excluding hydrogens is 139 g/mol. The zero-order chi connectivity index (χ0) is 6.41. The maximum absolute atomic E-state index is 8.46. The summed E-state index contributed by atoms with van der Waals surface area (Å²) in [5.41, 5.74) is 0. The van der Waals surface area contributed by atoms with Crippen LogP contribution in [0, 0.1) is 5.92 Å². The molecular formula is C7H17KO. The molecule has 1 N–H and O–H groups in total. The van der Waals surface area contributed by atoms with Crippen molar-refractivity contribution in [1.82, 2.24) is 0 Å². The zero-order valence-corrected chi connectivity index (χ0v) is 5.85. The number of aliphatic hydroxyl groups is 1. The van der Waals surface area contributed by atoms with Gasteiger partial charge in [0.1, 0.15) is 0 Å². The van der Waals surface area contributed by atoms with Gasteiger partial charge in [0.15, 0.2) is 0 Å². The second-order valence-corrected chi connectivity index (χ2v) is 2.41. The van der Waals surface area contributed by atoms with E-state index >= 15 is 0 Å². The average molecular weight is 156 g/mol. The number of hydrogen-bond donors (Lipinski definition) is 1. The first-order valence-corrected chi connectivity index (χ1v) is 3.42. The van der Waals surface area contributed by atoms with Gasteiger partial charge in [-0.15, -0.1) is 0 Å². The van der Waals surface area contributed by atoms with Crippen LogP contribution in [0.5, 0.6) is 0 Å². The molecule has 0 amide bonds. The molecule has 0 spiro atoms. The molecule has 0 rings (SSSR count). The van der Waals surface area contributed by atoms with Crippen LogP contribution in [0.25, 0.3) is 0 Å². The minimum absolute atomic E-state index is 0. The Kier molecular flexibility index (Phi) is 14.1. The second-order valence-electron chi connectivity index (χ2n) is 2.41. The third kappa shape index (κ3) is 9.60. The molecule has 0 aromatic carbocycles. The van der Waals surface area contributed by atoms with Crippen LogP contribution in [0.4, 0.5) is 0 Å². The molecule has 9 heavy (non-hydrogen) atoms. The van der Waals surface area contributed by atoms with E-state index < -0.39 is 0 Å². The average Bonchev–Trinajstić information content (AvgIpc) is 1.68. The van der Waals surface area contributed by atoms with Gasteiger partial charge >= 0.3 is 51.4 Å². The topological polar surface area (TPSA) is 20.2 Å². The molecule has 0 saturated heterocycles. The maximum atomic E-state index is 8.46. The summed E-state index contributed by atoms with van der Waals surface area (Å²) in [6, 6.07) is 0. The molecule has 52 valence electrons. The Balaban J connectivity index is 0. The first kappa shape index (κ1) is 13.2. The van der Waals surface area contributed by atoms with E-state index in [0.717, 1.165) is 6.42 Å². The molecule has 0 bridgehead atoms. The van der Waals surface area contributed by atoms with Gasteiger partial charge in [-0.05, 0) is 12.3 Å². The SMILES string of the molecule is CCCC(C)CCO.[KH]. The summed E-state index contributed by atoms with van der Waals surface area (Å²) >= 11 is 0. The molecule has 0 heterocycles. The van der Waals surface area contributed by atoms with Gasteiger partial charge < -0.3 is 5.11 Å². The van der Waals surface area contributed by atoms with Crippen molar-refractivity contribution in [1.29, 1.82) is 0 Å². The number of rotatable bonds is 4. The van der Waals surface area contributed by atoms with E-state index in [0.29, 0.717) is 12.5 Å². The Morgan fingerprint density at radius 1 is 1.33 bits per heavy atom. The summed E-state index contributed by atoms with van der Waals surface area (Å²) in [6.07, 6.45) is 3.45. The molecule has 0 radical (unpaired) electrons. The van der Waals surface area contributed by atoms with Crippen LogP contribution in [-0.4, -0.2) is 63.1 Å². The number of aliphatic hydroxyl groups excluding tert-OH is 1. The van der Waals surface area contributed by atoms with Gasteiger partial charge in [-0.1, -0.05) is 26.7 Å². The Morgan fingerprint density at radius 3 is 2.22 bits per heavy atom. The summed E-state index contributed by atoms with van der Waals surface area (Å²) in [7, 11) is 0. The molecule has 0 aromatic heterocycles. The van der Waals surface area contributed by atoms with E-state index in [1.54, 1.807) is 0 Å². The third-order valence-corrected chi connectivity index (χ3v) is 1.40. The molecule has 0 aliphatic rings. The van der Waals surface area contributed by atoms with Crippen molar-refractivity contribution >= 4 is 51.4 Å². The number of hydrogen-bond acceptors (Lipinski definition) is 1. The van der Waals surface area contributed by atoms with Crippen molar-refractivity contribution in [2.24, 2.45) is 5.92 Å². The predicted molar refractivity (Wildman–Crippen MR) is 42.9 cm³/mol. The second kappa shape index (κ2) is 9.60. The molecule has 1 nitrogen and oxygen atoms in total. The minimum atomic E-state index is 0. The van der Waals surface area contributed by atoms with Crippen molar-refractivity contribution in [3.63, 3.8) is 0 Å². The molecule has 0 aromatic rings. The monoisotopic (exact) mass is 156 g/mol. The van der Waals surface area contributed by atoms with Gasteiger partial charge in [0.2, 0.25) is 0 Å². The fourth-order valence-corrected chi connectivity index (χ4v) is 0.858. The molecule has 0 aliphatic carbocycles. The molecule has 2 heteroatoms. The quantitative estimate of drug-likeness (QED) is 0.606. The van der Waals surface area contributed by atoms with E-state index in [9.17, 15) is 0 Å². The van der Waals surface area contributed by atoms with Crippen LogP contribution < -0.4 is 0 Å². The van der Waals surface area contributed by atoms with Crippen LogP contribution in [0.2, 0.25) is 0 Å². The van der Waals surface area contributed by atoms with Crippen molar-refractivity contribution in [3.05, 3.63) is 0 Å². The van der Waals surface area contributed by atoms with Crippen LogP contribution in [-0.2, 0) is 0 Å². The van der Waals surface area contributed by atoms with Crippen LogP contribution >= 0.6 is 0 Å². The van der Waals surface area contributed by atoms with E-state index in [-0.39, 0.29) is 51.4 Å². The predicted octanol–water partition coefficient (Wildman–Crippen LogP) is 1.16. The summed E-state index contributed by atoms with van der Waals surface area (Å²) in [5, 5.41) is 8.46. The summed E-state index contributed by atoms with van der Waals surface area (Å²) in [4.78, 5) is 0. The summed E-state index contributed by atoms with van der Waals surface area (Å²) < 4.78 is 0. The molecule has 0 fully saturated rings. The van der Waals surface area contributed by atoms with Crippen LogP contribution in [0.3, 0.4) is 0 Å². The fraction of sp³-hybridized carbons (Fsp3) is 1.00. The van der Waals surface area contributed by atoms with Gasteiger partial charge in [0.25, 0.3) is 0 Å². The van der Waals surface area contributed by atoms with E-state index in [4.69, 9.17) is 5.11 Å². The van der Waals surface area contributed by atoms with E-state index in [1.807, 2.05) is 0 Å². The van der Waals surface area contributed by atoms with Gasteiger partial charge in [-0.25, -0.2) is 0 Å². The van der Waals surface area contributed by atoms with Crippen LogP contribution in [0.1, 0.15) is 33.1 Å². The fourth-order valence-electron chi connectivity index (χ4n) is 0.858. The molecule has 1 atom stereocenters. The molecule has 1 unspecified atom stereocenters. The third-order valence-electron chi connectivity index (χ3n) is 1.40. The zero-order valence-electron chi connectivity index (χ0n) is 5.85. The summed E-state index contributed by atoms with van der Waals surface area (Å²) in [5.74, 6) is 0.713. The summed E-state index contributed by atoms with van der Waals surface area (Å²) in [6.45, 7) is 4.70. The van der Waals surface area contributed by atoms with Gasteiger partial charge in [0, 0.05) is 6.61 Å². The van der Waals surface area contributed by atoms with Crippen molar-refractivity contribution in [3.8, 4) is 0 Å². The Bertz CT molecular complexity index is 42.2. The van der Waals surface area contributed by atoms with Crippen molar-refractivity contribution in [2.45, 2.75) is 33.1 Å². The van der Waals surface area contributed by atoms with Crippen molar-refractivity contribution in [2.75, 3.05) is 6.61 Å². The van der Waals surface area contributed by atoms with Gasteiger partial charge in [-0.2, -0.15) is 0 Å². The van der Waals surface area contributed by atoms with E-state index in [1.165, 1.54) is 12.8 Å². The van der Waals surface area contributed by atoms with Gasteiger partial charge in [-0.3, -0.25) is 0 Å². The first-order chi connectivity index (χ1) is 3.81. The Morgan fingerprint density at radius 2 is 1.89 bits per heavy atom. The molecule has 0 aliphatic heterocycles. The Labute approximate surface area is 101 Å².